The van der Waals surface area contributed by atoms with Crippen LogP contribution in [-0.4, -0.2) is 12.1 Å². The lowest BCUT2D eigenvalue weighted by Crippen LogP contribution is -2.11. The summed E-state index contributed by atoms with van der Waals surface area (Å²) in [4.78, 5) is 0. The summed E-state index contributed by atoms with van der Waals surface area (Å²) < 4.78 is 0. The Hall–Kier alpha value is -0.0400. The van der Waals surface area contributed by atoms with Gasteiger partial charge in [0.2, 0.25) is 0 Å². The van der Waals surface area contributed by atoms with E-state index >= 15 is 0 Å². The van der Waals surface area contributed by atoms with Gasteiger partial charge in [0, 0.05) is 12.1 Å². The fraction of sp³-hybridized carbons (Fsp3) is 1.00. The highest BCUT2D eigenvalue weighted by Gasteiger charge is 2.39. The third-order valence-electron chi connectivity index (χ3n) is 3.00. The number of hydrogen-bond acceptors (Lipinski definition) is 1. The van der Waals surface area contributed by atoms with E-state index in [4.69, 9.17) is 0 Å². The average molecular weight is 169 g/mol. The smallest absolute Gasteiger partial charge is 0.0252 e. The first-order valence-corrected chi connectivity index (χ1v) is 5.59. The molecule has 0 aliphatic carbocycles. The van der Waals surface area contributed by atoms with Crippen LogP contribution in [0.3, 0.4) is 0 Å². The summed E-state index contributed by atoms with van der Waals surface area (Å²) in [5.41, 5.74) is 0. The summed E-state index contributed by atoms with van der Waals surface area (Å²) in [6, 6.07) is 1.72. The van der Waals surface area contributed by atoms with E-state index in [0.717, 1.165) is 18.0 Å². The number of nitrogens with one attached hydrogen (secondary N) is 1. The zero-order valence-corrected chi connectivity index (χ0v) is 8.77. The second kappa shape index (κ2) is 4.86. The maximum absolute atomic E-state index is 3.59. The molecule has 1 heteroatoms. The molecular formula is C11H23N. The second-order valence-corrected chi connectivity index (χ2v) is 4.04. The quantitative estimate of drug-likeness (QED) is 0.607. The molecule has 1 aliphatic rings. The van der Waals surface area contributed by atoms with Gasteiger partial charge < -0.3 is 5.32 Å². The average Bonchev–Trinajstić information content (AvgIpc) is 2.83. The molecule has 1 saturated heterocycles. The molecule has 0 amide bonds. The lowest BCUT2D eigenvalue weighted by Gasteiger charge is -2.12. The Morgan fingerprint density at radius 3 is 2.00 bits per heavy atom. The Balaban J connectivity index is 2.24. The van der Waals surface area contributed by atoms with E-state index in [1.54, 1.807) is 0 Å². The molecule has 0 bridgehead atoms. The Morgan fingerprint density at radius 1 is 1.08 bits per heavy atom. The third-order valence-corrected chi connectivity index (χ3v) is 3.00. The van der Waals surface area contributed by atoms with Crippen LogP contribution >= 0.6 is 0 Å². The van der Waals surface area contributed by atoms with Gasteiger partial charge >= 0.3 is 0 Å². The van der Waals surface area contributed by atoms with Gasteiger partial charge in [0.15, 0.2) is 0 Å². The van der Waals surface area contributed by atoms with Crippen molar-refractivity contribution >= 4 is 0 Å². The van der Waals surface area contributed by atoms with Crippen molar-refractivity contribution < 1.29 is 0 Å². The van der Waals surface area contributed by atoms with Crippen molar-refractivity contribution in [2.24, 2.45) is 5.92 Å². The van der Waals surface area contributed by atoms with Crippen molar-refractivity contribution in [2.45, 2.75) is 65.0 Å². The molecule has 1 aliphatic heterocycles. The van der Waals surface area contributed by atoms with Crippen LogP contribution in [0, 0.1) is 5.92 Å². The maximum atomic E-state index is 3.59. The van der Waals surface area contributed by atoms with Crippen LogP contribution in [0.2, 0.25) is 0 Å². The molecule has 0 spiro atoms. The second-order valence-electron chi connectivity index (χ2n) is 4.04. The lowest BCUT2D eigenvalue weighted by molar-refractivity contribution is 0.424. The van der Waals surface area contributed by atoms with E-state index in [1.165, 1.54) is 32.1 Å². The van der Waals surface area contributed by atoms with Crippen molar-refractivity contribution in [3.63, 3.8) is 0 Å². The molecule has 1 nitrogen and oxygen atoms in total. The summed E-state index contributed by atoms with van der Waals surface area (Å²) in [6.07, 6.45) is 6.84. The van der Waals surface area contributed by atoms with Crippen molar-refractivity contribution in [3.05, 3.63) is 0 Å². The monoisotopic (exact) mass is 169 g/mol. The predicted molar refractivity (Wildman–Crippen MR) is 54.3 cm³/mol. The molecular weight excluding hydrogens is 146 g/mol. The van der Waals surface area contributed by atoms with Crippen LogP contribution < -0.4 is 5.32 Å². The first-order chi connectivity index (χ1) is 5.83. The molecule has 1 rings (SSSR count). The van der Waals surface area contributed by atoms with Gasteiger partial charge in [-0.15, -0.1) is 0 Å². The molecule has 2 atom stereocenters. The normalized spacial score (nSPS) is 28.0. The van der Waals surface area contributed by atoms with Crippen molar-refractivity contribution in [1.29, 1.82) is 0 Å². The van der Waals surface area contributed by atoms with Crippen molar-refractivity contribution in [3.8, 4) is 0 Å². The molecule has 72 valence electrons. The Bertz CT molecular complexity index is 116. The summed E-state index contributed by atoms with van der Waals surface area (Å²) in [5, 5.41) is 3.59. The fourth-order valence-corrected chi connectivity index (χ4v) is 2.27. The van der Waals surface area contributed by atoms with Crippen LogP contribution in [0.5, 0.6) is 0 Å². The Labute approximate surface area is 76.9 Å². The van der Waals surface area contributed by atoms with Crippen LogP contribution in [-0.2, 0) is 0 Å². The van der Waals surface area contributed by atoms with Crippen molar-refractivity contribution in [2.75, 3.05) is 0 Å². The minimum atomic E-state index is 0.855. The number of rotatable bonds is 6. The lowest BCUT2D eigenvalue weighted by atomic mass is 9.92. The fourth-order valence-electron chi connectivity index (χ4n) is 2.27. The van der Waals surface area contributed by atoms with E-state index in [-0.39, 0.29) is 0 Å². The van der Waals surface area contributed by atoms with Gasteiger partial charge in [0.05, 0.1) is 0 Å². The van der Waals surface area contributed by atoms with E-state index < -0.39 is 0 Å². The standard InChI is InChI=1S/C11H23N/c1-4-7-9(8-5-2)11-10(6-3)12-11/h9-12H,4-8H2,1-3H3. The first-order valence-electron chi connectivity index (χ1n) is 5.59. The van der Waals surface area contributed by atoms with E-state index in [2.05, 4.69) is 26.1 Å². The van der Waals surface area contributed by atoms with E-state index in [9.17, 15) is 0 Å². The van der Waals surface area contributed by atoms with Gasteiger partial charge in [-0.1, -0.05) is 33.6 Å². The highest BCUT2D eigenvalue weighted by Crippen LogP contribution is 2.29. The Kier molecular flexibility index (Phi) is 4.07. The van der Waals surface area contributed by atoms with Gasteiger partial charge in [-0.3, -0.25) is 0 Å². The van der Waals surface area contributed by atoms with Crippen molar-refractivity contribution in [1.82, 2.24) is 5.32 Å². The van der Waals surface area contributed by atoms with Gasteiger partial charge in [-0.2, -0.15) is 0 Å². The highest BCUT2D eigenvalue weighted by atomic mass is 15.1. The molecule has 12 heavy (non-hydrogen) atoms. The third kappa shape index (κ3) is 2.48. The summed E-state index contributed by atoms with van der Waals surface area (Å²) in [6.45, 7) is 6.88. The van der Waals surface area contributed by atoms with E-state index in [1.807, 2.05) is 0 Å². The van der Waals surface area contributed by atoms with Crippen LogP contribution in [0.15, 0.2) is 0 Å². The largest absolute Gasteiger partial charge is 0.308 e. The molecule has 0 aromatic heterocycles. The molecule has 1 heterocycles. The molecule has 1 N–H and O–H groups in total. The van der Waals surface area contributed by atoms with Gasteiger partial charge in [0.25, 0.3) is 0 Å². The highest BCUT2D eigenvalue weighted by molar-refractivity contribution is 5.00. The van der Waals surface area contributed by atoms with Gasteiger partial charge in [-0.25, -0.2) is 0 Å². The minimum Gasteiger partial charge on any atom is -0.308 e. The molecule has 1 fully saturated rings. The number of hydrogen-bond donors (Lipinski definition) is 1. The van der Waals surface area contributed by atoms with Gasteiger partial charge in [-0.05, 0) is 25.2 Å². The molecule has 2 unspecified atom stereocenters. The van der Waals surface area contributed by atoms with E-state index in [0.29, 0.717) is 0 Å². The molecule has 0 aromatic carbocycles. The zero-order chi connectivity index (χ0) is 8.97. The summed E-state index contributed by atoms with van der Waals surface area (Å²) >= 11 is 0. The topological polar surface area (TPSA) is 21.9 Å². The zero-order valence-electron chi connectivity index (χ0n) is 8.77. The predicted octanol–water partition coefficient (Wildman–Crippen LogP) is 2.95. The van der Waals surface area contributed by atoms with Crippen LogP contribution in [0.4, 0.5) is 0 Å². The molecule has 0 saturated carbocycles. The summed E-state index contributed by atoms with van der Waals surface area (Å²) in [5.74, 6) is 0.963. The van der Waals surface area contributed by atoms with Crippen LogP contribution in [0.1, 0.15) is 52.9 Å². The van der Waals surface area contributed by atoms with Gasteiger partial charge in [0.1, 0.15) is 0 Å². The summed E-state index contributed by atoms with van der Waals surface area (Å²) in [7, 11) is 0. The maximum Gasteiger partial charge on any atom is 0.0252 e. The van der Waals surface area contributed by atoms with Crippen LogP contribution in [0.25, 0.3) is 0 Å². The first kappa shape index (κ1) is 10.0. The molecule has 0 radical (unpaired) electrons. The Morgan fingerprint density at radius 2 is 1.67 bits per heavy atom. The molecule has 0 aromatic rings. The SMILES string of the molecule is CCCC(CCC)C1NC1CC. The minimum absolute atomic E-state index is 0.855.